The molecule has 0 aliphatic rings. The van der Waals surface area contributed by atoms with Crippen molar-refractivity contribution in [3.63, 3.8) is 0 Å². The molecule has 1 aromatic carbocycles. The summed E-state index contributed by atoms with van der Waals surface area (Å²) in [4.78, 5) is 0. The molecule has 72 valence electrons. The van der Waals surface area contributed by atoms with E-state index < -0.39 is 0 Å². The van der Waals surface area contributed by atoms with E-state index in [2.05, 4.69) is 10.2 Å². The highest BCUT2D eigenvalue weighted by Crippen LogP contribution is 2.19. The number of nitrogen functional groups attached to an aromatic ring is 1. The van der Waals surface area contributed by atoms with Gasteiger partial charge in [-0.05, 0) is 16.9 Å². The first kappa shape index (κ1) is 8.96. The molecule has 0 bridgehead atoms. The van der Waals surface area contributed by atoms with Gasteiger partial charge in [-0.2, -0.15) is 0 Å². The van der Waals surface area contributed by atoms with E-state index in [1.807, 2.05) is 30.3 Å². The van der Waals surface area contributed by atoms with Crippen LogP contribution in [0.1, 0.15) is 5.56 Å². The van der Waals surface area contributed by atoms with Crippen LogP contribution >= 0.6 is 11.3 Å². The second-order valence-corrected chi connectivity index (χ2v) is 3.65. The molecule has 14 heavy (non-hydrogen) atoms. The van der Waals surface area contributed by atoms with Crippen molar-refractivity contribution in [1.29, 1.82) is 0 Å². The van der Waals surface area contributed by atoms with E-state index in [0.29, 0.717) is 16.9 Å². The second-order valence-electron chi connectivity index (χ2n) is 2.68. The summed E-state index contributed by atoms with van der Waals surface area (Å²) in [6.45, 7) is 0.496. The van der Waals surface area contributed by atoms with Gasteiger partial charge in [-0.15, -0.1) is 5.10 Å². The van der Waals surface area contributed by atoms with E-state index in [-0.39, 0.29) is 0 Å². The first-order valence-electron chi connectivity index (χ1n) is 4.10. The van der Waals surface area contributed by atoms with Gasteiger partial charge in [-0.1, -0.05) is 35.4 Å². The van der Waals surface area contributed by atoms with Gasteiger partial charge >= 0.3 is 0 Å². The van der Waals surface area contributed by atoms with Crippen LogP contribution in [-0.2, 0) is 6.61 Å². The average Bonchev–Trinajstić information content (AvgIpc) is 2.63. The van der Waals surface area contributed by atoms with Gasteiger partial charge in [0.05, 0.1) is 0 Å². The van der Waals surface area contributed by atoms with E-state index in [9.17, 15) is 0 Å². The fraction of sp³-hybridized carbons (Fsp3) is 0.111. The van der Waals surface area contributed by atoms with E-state index in [1.165, 1.54) is 11.3 Å². The first-order chi connectivity index (χ1) is 6.84. The molecule has 0 aliphatic heterocycles. The lowest BCUT2D eigenvalue weighted by molar-refractivity contribution is 0.302. The lowest BCUT2D eigenvalue weighted by Gasteiger charge is -2.00. The number of ether oxygens (including phenoxy) is 1. The number of hydrogen-bond acceptors (Lipinski definition) is 5. The Morgan fingerprint density at radius 2 is 2.00 bits per heavy atom. The summed E-state index contributed by atoms with van der Waals surface area (Å²) in [7, 11) is 0. The third-order valence-electron chi connectivity index (χ3n) is 1.63. The third-order valence-corrected chi connectivity index (χ3v) is 2.29. The maximum atomic E-state index is 5.41. The van der Waals surface area contributed by atoms with Gasteiger partial charge in [0.15, 0.2) is 0 Å². The molecule has 0 fully saturated rings. The van der Waals surface area contributed by atoms with Crippen molar-refractivity contribution in [2.45, 2.75) is 6.61 Å². The summed E-state index contributed by atoms with van der Waals surface area (Å²) in [5.41, 5.74) is 6.51. The second kappa shape index (κ2) is 4.06. The zero-order valence-electron chi connectivity index (χ0n) is 7.38. The number of hydrogen-bond donors (Lipinski definition) is 1. The maximum Gasteiger partial charge on any atom is 0.296 e. The van der Waals surface area contributed by atoms with Gasteiger partial charge in [0.2, 0.25) is 5.13 Å². The van der Waals surface area contributed by atoms with E-state index >= 15 is 0 Å². The lowest BCUT2D eigenvalue weighted by Crippen LogP contribution is -1.94. The van der Waals surface area contributed by atoms with Crippen LogP contribution in [0.15, 0.2) is 30.3 Å². The molecule has 0 unspecified atom stereocenters. The molecule has 0 radical (unpaired) electrons. The Labute approximate surface area is 85.4 Å². The molecule has 0 spiro atoms. The molecule has 2 rings (SSSR count). The highest BCUT2D eigenvalue weighted by atomic mass is 32.1. The van der Waals surface area contributed by atoms with Crippen LogP contribution < -0.4 is 10.5 Å². The number of nitrogens with zero attached hydrogens (tertiary/aromatic N) is 2. The molecule has 0 saturated carbocycles. The highest BCUT2D eigenvalue weighted by molar-refractivity contribution is 7.16. The number of rotatable bonds is 3. The molecule has 5 heteroatoms. The molecule has 0 atom stereocenters. The van der Waals surface area contributed by atoms with Gasteiger partial charge in [0.25, 0.3) is 5.19 Å². The monoisotopic (exact) mass is 207 g/mol. The predicted octanol–water partition coefficient (Wildman–Crippen LogP) is 1.70. The molecule has 1 heterocycles. The number of nitrogens with two attached hydrogens (primary N) is 1. The minimum Gasteiger partial charge on any atom is -0.464 e. The molecule has 0 saturated heterocycles. The van der Waals surface area contributed by atoms with Gasteiger partial charge in [-0.3, -0.25) is 0 Å². The van der Waals surface area contributed by atoms with Crippen LogP contribution in [0.2, 0.25) is 0 Å². The van der Waals surface area contributed by atoms with Crippen molar-refractivity contribution < 1.29 is 4.74 Å². The zero-order chi connectivity index (χ0) is 9.80. The molecular formula is C9H9N3OS. The third kappa shape index (κ3) is 2.20. The highest BCUT2D eigenvalue weighted by Gasteiger charge is 2.01. The average molecular weight is 207 g/mol. The standard InChI is InChI=1S/C9H9N3OS/c10-8-11-12-9(14-8)13-6-7-4-2-1-3-5-7/h1-5H,6H2,(H2,10,11). The van der Waals surface area contributed by atoms with Crippen molar-refractivity contribution in [3.05, 3.63) is 35.9 Å². The van der Waals surface area contributed by atoms with Gasteiger partial charge in [-0.25, -0.2) is 0 Å². The maximum absolute atomic E-state index is 5.41. The van der Waals surface area contributed by atoms with Crippen molar-refractivity contribution in [2.75, 3.05) is 5.73 Å². The van der Waals surface area contributed by atoms with Crippen LogP contribution in [-0.4, -0.2) is 10.2 Å². The quantitative estimate of drug-likeness (QED) is 0.832. The smallest absolute Gasteiger partial charge is 0.296 e. The first-order valence-corrected chi connectivity index (χ1v) is 4.92. The number of benzene rings is 1. The minimum atomic E-state index is 0.424. The normalized spacial score (nSPS) is 10.0. The SMILES string of the molecule is Nc1nnc(OCc2ccccc2)s1. The Kier molecular flexibility index (Phi) is 2.60. The summed E-state index contributed by atoms with van der Waals surface area (Å²) in [5.74, 6) is 0. The van der Waals surface area contributed by atoms with Crippen molar-refractivity contribution in [2.24, 2.45) is 0 Å². The number of aromatic nitrogens is 2. The molecule has 4 nitrogen and oxygen atoms in total. The Morgan fingerprint density at radius 3 is 2.64 bits per heavy atom. The van der Waals surface area contributed by atoms with E-state index in [1.54, 1.807) is 0 Å². The van der Waals surface area contributed by atoms with Crippen LogP contribution in [0.25, 0.3) is 0 Å². The van der Waals surface area contributed by atoms with Crippen LogP contribution in [0.5, 0.6) is 5.19 Å². The molecule has 0 aliphatic carbocycles. The fourth-order valence-electron chi connectivity index (χ4n) is 0.998. The van der Waals surface area contributed by atoms with Crippen LogP contribution in [0, 0.1) is 0 Å². The molecule has 0 amide bonds. The zero-order valence-corrected chi connectivity index (χ0v) is 8.20. The number of anilines is 1. The Morgan fingerprint density at radius 1 is 1.21 bits per heavy atom. The summed E-state index contributed by atoms with van der Waals surface area (Å²) < 4.78 is 5.38. The molecule has 2 aromatic rings. The van der Waals surface area contributed by atoms with E-state index in [0.717, 1.165) is 5.56 Å². The minimum absolute atomic E-state index is 0.424. The van der Waals surface area contributed by atoms with Crippen molar-refractivity contribution in [1.82, 2.24) is 10.2 Å². The van der Waals surface area contributed by atoms with Gasteiger partial charge < -0.3 is 10.5 Å². The summed E-state index contributed by atoms with van der Waals surface area (Å²) in [6, 6.07) is 9.88. The predicted molar refractivity (Wildman–Crippen MR) is 55.1 cm³/mol. The Bertz CT molecular complexity index is 401. The molecular weight excluding hydrogens is 198 g/mol. The van der Waals surface area contributed by atoms with Crippen LogP contribution in [0.3, 0.4) is 0 Å². The van der Waals surface area contributed by atoms with Gasteiger partial charge in [0.1, 0.15) is 6.61 Å². The summed E-state index contributed by atoms with van der Waals surface area (Å²) in [5, 5.41) is 8.33. The van der Waals surface area contributed by atoms with E-state index in [4.69, 9.17) is 10.5 Å². The fourth-order valence-corrected chi connectivity index (χ4v) is 1.46. The summed E-state index contributed by atoms with van der Waals surface area (Å²) in [6.07, 6.45) is 0. The molecule has 1 aromatic heterocycles. The Balaban J connectivity index is 1.95. The van der Waals surface area contributed by atoms with Crippen molar-refractivity contribution in [3.8, 4) is 5.19 Å². The topological polar surface area (TPSA) is 61.0 Å². The lowest BCUT2D eigenvalue weighted by atomic mass is 10.2. The van der Waals surface area contributed by atoms with Crippen molar-refractivity contribution >= 4 is 16.5 Å². The summed E-state index contributed by atoms with van der Waals surface area (Å²) >= 11 is 1.24. The largest absolute Gasteiger partial charge is 0.464 e. The molecule has 2 N–H and O–H groups in total. The van der Waals surface area contributed by atoms with Crippen LogP contribution in [0.4, 0.5) is 5.13 Å². The Hall–Kier alpha value is -1.62. The van der Waals surface area contributed by atoms with Gasteiger partial charge in [0, 0.05) is 0 Å².